The third kappa shape index (κ3) is 5.76. The van der Waals surface area contributed by atoms with E-state index in [-0.39, 0.29) is 5.82 Å². The van der Waals surface area contributed by atoms with Gasteiger partial charge in [-0.3, -0.25) is 4.79 Å². The fourth-order valence-electron chi connectivity index (χ4n) is 2.03. The van der Waals surface area contributed by atoms with Crippen LogP contribution in [0.2, 0.25) is 0 Å². The minimum absolute atomic E-state index is 0.358. The molecule has 0 saturated heterocycles. The van der Waals surface area contributed by atoms with Gasteiger partial charge in [-0.05, 0) is 48.4 Å². The van der Waals surface area contributed by atoms with Gasteiger partial charge < -0.3 is 14.8 Å². The number of anilines is 1. The first kappa shape index (κ1) is 18.2. The molecular formula is C19H18FNO4. The van der Waals surface area contributed by atoms with E-state index in [4.69, 9.17) is 9.47 Å². The number of benzene rings is 2. The maximum absolute atomic E-state index is 12.8. The number of amides is 1. The number of nitrogens with one attached hydrogen (secondary N) is 1. The number of methoxy groups -OCH3 is 1. The van der Waals surface area contributed by atoms with Crippen LogP contribution in [0.4, 0.5) is 10.1 Å². The van der Waals surface area contributed by atoms with Gasteiger partial charge in [-0.1, -0.05) is 18.2 Å². The molecule has 1 N–H and O–H groups in total. The Kier molecular flexibility index (Phi) is 6.28. The number of halogens is 1. The zero-order valence-electron chi connectivity index (χ0n) is 13.9. The molecule has 130 valence electrons. The van der Waals surface area contributed by atoms with Gasteiger partial charge >= 0.3 is 5.97 Å². The summed E-state index contributed by atoms with van der Waals surface area (Å²) in [6.07, 6.45) is 2.65. The molecule has 0 aliphatic heterocycles. The molecule has 0 radical (unpaired) electrons. The van der Waals surface area contributed by atoms with E-state index in [2.05, 4.69) is 5.32 Å². The van der Waals surface area contributed by atoms with Crippen molar-refractivity contribution in [3.8, 4) is 5.75 Å². The summed E-state index contributed by atoms with van der Waals surface area (Å²) in [5, 5.41) is 2.63. The summed E-state index contributed by atoms with van der Waals surface area (Å²) in [5.74, 6) is -0.993. The molecule has 2 aromatic rings. The van der Waals surface area contributed by atoms with Crippen LogP contribution in [0.3, 0.4) is 0 Å². The van der Waals surface area contributed by atoms with Gasteiger partial charge in [0.25, 0.3) is 5.91 Å². The van der Waals surface area contributed by atoms with Crippen LogP contribution in [0, 0.1) is 12.7 Å². The molecule has 0 aliphatic rings. The maximum atomic E-state index is 12.8. The summed E-state index contributed by atoms with van der Waals surface area (Å²) in [4.78, 5) is 23.5. The molecule has 2 aromatic carbocycles. The molecule has 2 rings (SSSR count). The summed E-state index contributed by atoms with van der Waals surface area (Å²) >= 11 is 0. The van der Waals surface area contributed by atoms with Crippen LogP contribution in [0.5, 0.6) is 5.75 Å². The lowest BCUT2D eigenvalue weighted by Gasteiger charge is -2.10. The first-order valence-corrected chi connectivity index (χ1v) is 7.53. The summed E-state index contributed by atoms with van der Waals surface area (Å²) in [6, 6.07) is 11.0. The van der Waals surface area contributed by atoms with Crippen LogP contribution < -0.4 is 10.1 Å². The maximum Gasteiger partial charge on any atom is 0.331 e. The summed E-state index contributed by atoms with van der Waals surface area (Å²) in [6.45, 7) is 1.46. The van der Waals surface area contributed by atoms with Crippen molar-refractivity contribution in [2.24, 2.45) is 0 Å². The fraction of sp³-hybridized carbons (Fsp3) is 0.158. The van der Waals surface area contributed by atoms with Gasteiger partial charge in [0.1, 0.15) is 11.6 Å². The SMILES string of the molecule is COc1ccc(C)cc1NC(=O)COC(=O)/C=C/c1ccc(F)cc1. The molecule has 0 spiro atoms. The summed E-state index contributed by atoms with van der Waals surface area (Å²) < 4.78 is 22.8. The predicted molar refractivity (Wildman–Crippen MR) is 92.8 cm³/mol. The molecule has 0 heterocycles. The smallest absolute Gasteiger partial charge is 0.331 e. The van der Waals surface area contributed by atoms with Crippen LogP contribution in [0.1, 0.15) is 11.1 Å². The molecule has 6 heteroatoms. The van der Waals surface area contributed by atoms with Gasteiger partial charge in [-0.15, -0.1) is 0 Å². The molecule has 0 atom stereocenters. The van der Waals surface area contributed by atoms with Crippen molar-refractivity contribution in [1.82, 2.24) is 0 Å². The topological polar surface area (TPSA) is 64.6 Å². The van der Waals surface area contributed by atoms with Gasteiger partial charge in [0.05, 0.1) is 12.8 Å². The zero-order valence-corrected chi connectivity index (χ0v) is 13.9. The standard InChI is InChI=1S/C19H18FNO4/c1-13-3-9-17(24-2)16(11-13)21-18(22)12-25-19(23)10-6-14-4-7-15(20)8-5-14/h3-11H,12H2,1-2H3,(H,21,22)/b10-6+. The van der Waals surface area contributed by atoms with E-state index in [0.717, 1.165) is 5.56 Å². The Hall–Kier alpha value is -3.15. The average Bonchev–Trinajstić information content (AvgIpc) is 2.59. The first-order chi connectivity index (χ1) is 12.0. The molecule has 0 aliphatic carbocycles. The van der Waals surface area contributed by atoms with Crippen molar-refractivity contribution in [2.75, 3.05) is 19.0 Å². The van der Waals surface area contributed by atoms with E-state index >= 15 is 0 Å². The molecule has 0 aromatic heterocycles. The highest BCUT2D eigenvalue weighted by atomic mass is 19.1. The molecule has 0 bridgehead atoms. The van der Waals surface area contributed by atoms with Crippen LogP contribution in [-0.4, -0.2) is 25.6 Å². The Morgan fingerprint density at radius 2 is 1.88 bits per heavy atom. The number of ether oxygens (including phenoxy) is 2. The van der Waals surface area contributed by atoms with Crippen molar-refractivity contribution in [1.29, 1.82) is 0 Å². The van der Waals surface area contributed by atoms with E-state index in [1.165, 1.54) is 43.5 Å². The van der Waals surface area contributed by atoms with Gasteiger partial charge in [0.2, 0.25) is 0 Å². The Morgan fingerprint density at radius 1 is 1.16 bits per heavy atom. The molecule has 0 unspecified atom stereocenters. The average molecular weight is 343 g/mol. The third-order valence-corrected chi connectivity index (χ3v) is 3.26. The highest BCUT2D eigenvalue weighted by Crippen LogP contribution is 2.24. The van der Waals surface area contributed by atoms with Gasteiger partial charge in [-0.25, -0.2) is 9.18 Å². The Labute approximate surface area is 145 Å². The van der Waals surface area contributed by atoms with Crippen LogP contribution in [-0.2, 0) is 14.3 Å². The summed E-state index contributed by atoms with van der Waals surface area (Å²) in [5.41, 5.74) is 2.10. The van der Waals surface area contributed by atoms with Crippen molar-refractivity contribution in [3.63, 3.8) is 0 Å². The van der Waals surface area contributed by atoms with Crippen LogP contribution >= 0.6 is 0 Å². The molecule has 0 fully saturated rings. The monoisotopic (exact) mass is 343 g/mol. The predicted octanol–water partition coefficient (Wildman–Crippen LogP) is 3.34. The Balaban J connectivity index is 1.86. The van der Waals surface area contributed by atoms with E-state index in [9.17, 15) is 14.0 Å². The Morgan fingerprint density at radius 3 is 2.56 bits per heavy atom. The quantitative estimate of drug-likeness (QED) is 0.645. The third-order valence-electron chi connectivity index (χ3n) is 3.26. The molecule has 25 heavy (non-hydrogen) atoms. The number of hydrogen-bond donors (Lipinski definition) is 1. The highest BCUT2D eigenvalue weighted by molar-refractivity contribution is 5.95. The number of hydrogen-bond acceptors (Lipinski definition) is 4. The lowest BCUT2D eigenvalue weighted by molar-refractivity contribution is -0.142. The van der Waals surface area contributed by atoms with Crippen molar-refractivity contribution in [2.45, 2.75) is 6.92 Å². The minimum Gasteiger partial charge on any atom is -0.495 e. The van der Waals surface area contributed by atoms with E-state index < -0.39 is 18.5 Å². The van der Waals surface area contributed by atoms with Crippen molar-refractivity contribution < 1.29 is 23.5 Å². The van der Waals surface area contributed by atoms with Crippen molar-refractivity contribution in [3.05, 3.63) is 65.5 Å². The number of rotatable bonds is 6. The highest BCUT2D eigenvalue weighted by Gasteiger charge is 2.09. The lowest BCUT2D eigenvalue weighted by Crippen LogP contribution is -2.20. The molecular weight excluding hydrogens is 325 g/mol. The Bertz CT molecular complexity index is 785. The summed E-state index contributed by atoms with van der Waals surface area (Å²) in [7, 11) is 1.50. The number of carbonyl (C=O) groups is 2. The fourth-order valence-corrected chi connectivity index (χ4v) is 2.03. The molecule has 1 amide bonds. The van der Waals surface area contributed by atoms with E-state index in [1.54, 1.807) is 12.1 Å². The second-order valence-electron chi connectivity index (χ2n) is 5.24. The second kappa shape index (κ2) is 8.63. The molecule has 0 saturated carbocycles. The van der Waals surface area contributed by atoms with Crippen LogP contribution in [0.15, 0.2) is 48.5 Å². The van der Waals surface area contributed by atoms with Gasteiger partial charge in [0.15, 0.2) is 6.61 Å². The van der Waals surface area contributed by atoms with Crippen molar-refractivity contribution >= 4 is 23.6 Å². The second-order valence-corrected chi connectivity index (χ2v) is 5.24. The zero-order chi connectivity index (χ0) is 18.2. The number of carbonyl (C=O) groups excluding carboxylic acids is 2. The minimum atomic E-state index is -0.671. The largest absolute Gasteiger partial charge is 0.495 e. The van der Waals surface area contributed by atoms with Gasteiger partial charge in [-0.2, -0.15) is 0 Å². The van der Waals surface area contributed by atoms with Gasteiger partial charge in [0, 0.05) is 6.08 Å². The van der Waals surface area contributed by atoms with E-state index in [0.29, 0.717) is 17.0 Å². The number of aryl methyl sites for hydroxylation is 1. The first-order valence-electron chi connectivity index (χ1n) is 7.53. The number of esters is 1. The molecule has 5 nitrogen and oxygen atoms in total. The normalized spacial score (nSPS) is 10.5. The van der Waals surface area contributed by atoms with Crippen LogP contribution in [0.25, 0.3) is 6.08 Å². The van der Waals surface area contributed by atoms with E-state index in [1.807, 2.05) is 13.0 Å². The lowest BCUT2D eigenvalue weighted by atomic mass is 10.2.